The lowest BCUT2D eigenvalue weighted by Gasteiger charge is -2.20. The molecule has 184 valence electrons. The van der Waals surface area contributed by atoms with E-state index < -0.39 is 30.4 Å². The van der Waals surface area contributed by atoms with Gasteiger partial charge in [-0.2, -0.15) is 0 Å². The van der Waals surface area contributed by atoms with Crippen molar-refractivity contribution in [2.45, 2.75) is 53.2 Å². The van der Waals surface area contributed by atoms with Gasteiger partial charge in [0, 0.05) is 6.54 Å². The van der Waals surface area contributed by atoms with Gasteiger partial charge in [-0.3, -0.25) is 9.59 Å². The van der Waals surface area contributed by atoms with Gasteiger partial charge in [0.05, 0.1) is 19.1 Å². The molecule has 33 heavy (non-hydrogen) atoms. The zero-order valence-electron chi connectivity index (χ0n) is 19.4. The topological polar surface area (TPSA) is 147 Å². The fraction of sp³-hybridized carbons (Fsp3) is 0.545. The summed E-state index contributed by atoms with van der Waals surface area (Å²) in [6.45, 7) is 8.52. The number of carboxylic acids is 1. The van der Waals surface area contributed by atoms with Gasteiger partial charge in [-0.1, -0.05) is 19.9 Å². The predicted molar refractivity (Wildman–Crippen MR) is 115 cm³/mol. The van der Waals surface area contributed by atoms with Gasteiger partial charge in [-0.25, -0.2) is 9.59 Å². The monoisotopic (exact) mass is 469 g/mol. The van der Waals surface area contributed by atoms with Crippen molar-refractivity contribution in [3.63, 3.8) is 0 Å². The van der Waals surface area contributed by atoms with E-state index in [4.69, 9.17) is 23.7 Å². The zero-order valence-corrected chi connectivity index (χ0v) is 19.4. The number of ether oxygens (including phenoxy) is 5. The molecule has 11 heteroatoms. The fourth-order valence-corrected chi connectivity index (χ4v) is 2.48. The first kappa shape index (κ1) is 27.7. The SMILES string of the molecule is CCOC(=O)Oc1ccc(C[C@H](NCC(C)OC(=O)C(C)C)C(=O)O)cc1OC(=O)OCC. The third kappa shape index (κ3) is 10.2. The average molecular weight is 469 g/mol. The van der Waals surface area contributed by atoms with Gasteiger partial charge in [-0.15, -0.1) is 0 Å². The molecule has 0 bridgehead atoms. The number of benzene rings is 1. The van der Waals surface area contributed by atoms with E-state index >= 15 is 0 Å². The molecule has 2 N–H and O–H groups in total. The Kier molecular flexibility index (Phi) is 11.7. The molecular formula is C22H31NO10. The Morgan fingerprint density at radius 3 is 2.03 bits per heavy atom. The molecule has 0 aliphatic carbocycles. The molecule has 0 aliphatic rings. The zero-order chi connectivity index (χ0) is 25.0. The number of esters is 1. The van der Waals surface area contributed by atoms with Crippen LogP contribution < -0.4 is 14.8 Å². The van der Waals surface area contributed by atoms with Crippen LogP contribution in [-0.4, -0.2) is 61.3 Å². The van der Waals surface area contributed by atoms with Crippen molar-refractivity contribution in [2.24, 2.45) is 5.92 Å². The first-order chi connectivity index (χ1) is 15.6. The molecule has 0 saturated heterocycles. The molecule has 0 aromatic heterocycles. The van der Waals surface area contributed by atoms with Crippen molar-refractivity contribution in [3.8, 4) is 11.5 Å². The number of carboxylic acid groups (broad SMARTS) is 1. The minimum absolute atomic E-state index is 0.000940. The van der Waals surface area contributed by atoms with Crippen LogP contribution in [0.15, 0.2) is 18.2 Å². The maximum Gasteiger partial charge on any atom is 0.513 e. The van der Waals surface area contributed by atoms with E-state index in [1.54, 1.807) is 34.6 Å². The third-order valence-corrected chi connectivity index (χ3v) is 4.10. The highest BCUT2D eigenvalue weighted by atomic mass is 16.7. The van der Waals surface area contributed by atoms with Crippen LogP contribution >= 0.6 is 0 Å². The molecule has 1 aromatic rings. The summed E-state index contributed by atoms with van der Waals surface area (Å²) in [5, 5.41) is 12.4. The fourth-order valence-electron chi connectivity index (χ4n) is 2.48. The molecule has 1 unspecified atom stereocenters. The van der Waals surface area contributed by atoms with Gasteiger partial charge in [0.25, 0.3) is 0 Å². The predicted octanol–water partition coefficient (Wildman–Crippen LogP) is 2.93. The number of aliphatic carboxylic acids is 1. The molecule has 0 aliphatic heterocycles. The highest BCUT2D eigenvalue weighted by Gasteiger charge is 2.22. The van der Waals surface area contributed by atoms with E-state index in [0.29, 0.717) is 5.56 Å². The van der Waals surface area contributed by atoms with Crippen LogP contribution in [0.25, 0.3) is 0 Å². The van der Waals surface area contributed by atoms with Crippen LogP contribution in [0, 0.1) is 5.92 Å². The molecule has 11 nitrogen and oxygen atoms in total. The Morgan fingerprint density at radius 2 is 1.52 bits per heavy atom. The van der Waals surface area contributed by atoms with Crippen LogP contribution in [0.2, 0.25) is 0 Å². The molecule has 0 amide bonds. The quantitative estimate of drug-likeness (QED) is 0.264. The number of hydrogen-bond donors (Lipinski definition) is 2. The average Bonchev–Trinajstić information content (AvgIpc) is 2.72. The van der Waals surface area contributed by atoms with Crippen molar-refractivity contribution in [2.75, 3.05) is 19.8 Å². The summed E-state index contributed by atoms with van der Waals surface area (Å²) in [4.78, 5) is 46.8. The van der Waals surface area contributed by atoms with E-state index in [9.17, 15) is 24.3 Å². The maximum absolute atomic E-state index is 11.8. The lowest BCUT2D eigenvalue weighted by Crippen LogP contribution is -2.43. The van der Waals surface area contributed by atoms with Gasteiger partial charge >= 0.3 is 24.2 Å². The molecule has 1 aromatic carbocycles. The van der Waals surface area contributed by atoms with Crippen LogP contribution in [0.5, 0.6) is 11.5 Å². The summed E-state index contributed by atoms with van der Waals surface area (Å²) in [6.07, 6.45) is -2.55. The van der Waals surface area contributed by atoms with Crippen molar-refractivity contribution in [1.29, 1.82) is 0 Å². The highest BCUT2D eigenvalue weighted by molar-refractivity contribution is 5.74. The van der Waals surface area contributed by atoms with E-state index in [1.807, 2.05) is 0 Å². The van der Waals surface area contributed by atoms with Gasteiger partial charge < -0.3 is 34.1 Å². The molecule has 0 saturated carbocycles. The largest absolute Gasteiger partial charge is 0.513 e. The van der Waals surface area contributed by atoms with Crippen molar-refractivity contribution in [3.05, 3.63) is 23.8 Å². The van der Waals surface area contributed by atoms with E-state index in [2.05, 4.69) is 5.32 Å². The Balaban J connectivity index is 2.96. The number of hydrogen-bond acceptors (Lipinski definition) is 10. The number of rotatable bonds is 12. The Hall–Kier alpha value is -3.34. The van der Waals surface area contributed by atoms with E-state index in [-0.39, 0.29) is 49.6 Å². The molecular weight excluding hydrogens is 438 g/mol. The van der Waals surface area contributed by atoms with E-state index in [0.717, 1.165) is 0 Å². The molecule has 0 heterocycles. The van der Waals surface area contributed by atoms with Crippen LogP contribution in [0.1, 0.15) is 40.2 Å². The highest BCUT2D eigenvalue weighted by Crippen LogP contribution is 2.30. The molecule has 0 fully saturated rings. The minimum atomic E-state index is -1.13. The number of carbonyl (C=O) groups is 4. The van der Waals surface area contributed by atoms with Crippen LogP contribution in [0.3, 0.4) is 0 Å². The van der Waals surface area contributed by atoms with Gasteiger partial charge in [0.15, 0.2) is 11.5 Å². The lowest BCUT2D eigenvalue weighted by molar-refractivity contribution is -0.151. The molecule has 0 radical (unpaired) electrons. The molecule has 2 atom stereocenters. The van der Waals surface area contributed by atoms with Gasteiger partial charge in [0.2, 0.25) is 0 Å². The Bertz CT molecular complexity index is 823. The Labute approximate surface area is 192 Å². The minimum Gasteiger partial charge on any atom is -0.480 e. The number of nitrogens with one attached hydrogen (secondary N) is 1. The summed E-state index contributed by atoms with van der Waals surface area (Å²) in [5.41, 5.74) is 0.470. The second-order valence-electron chi connectivity index (χ2n) is 7.26. The lowest BCUT2D eigenvalue weighted by atomic mass is 10.0. The summed E-state index contributed by atoms with van der Waals surface area (Å²) in [6, 6.07) is 3.21. The first-order valence-electron chi connectivity index (χ1n) is 10.6. The van der Waals surface area contributed by atoms with Gasteiger partial charge in [-0.05, 0) is 44.9 Å². The Morgan fingerprint density at radius 1 is 0.939 bits per heavy atom. The smallest absolute Gasteiger partial charge is 0.480 e. The second kappa shape index (κ2) is 13.9. The van der Waals surface area contributed by atoms with E-state index in [1.165, 1.54) is 18.2 Å². The summed E-state index contributed by atoms with van der Waals surface area (Å²) in [5.74, 6) is -2.04. The maximum atomic E-state index is 11.8. The summed E-state index contributed by atoms with van der Waals surface area (Å²) < 4.78 is 24.8. The summed E-state index contributed by atoms with van der Waals surface area (Å²) in [7, 11) is 0. The van der Waals surface area contributed by atoms with Crippen molar-refractivity contribution >= 4 is 24.2 Å². The number of carbonyl (C=O) groups excluding carboxylic acids is 3. The molecule has 1 rings (SSSR count). The second-order valence-corrected chi connectivity index (χ2v) is 7.26. The normalized spacial score (nSPS) is 12.4. The van der Waals surface area contributed by atoms with Crippen LogP contribution in [0.4, 0.5) is 9.59 Å². The summed E-state index contributed by atoms with van der Waals surface area (Å²) >= 11 is 0. The first-order valence-corrected chi connectivity index (χ1v) is 10.6. The van der Waals surface area contributed by atoms with Crippen molar-refractivity contribution in [1.82, 2.24) is 5.32 Å². The van der Waals surface area contributed by atoms with Crippen molar-refractivity contribution < 1.29 is 48.0 Å². The molecule has 0 spiro atoms. The van der Waals surface area contributed by atoms with Crippen LogP contribution in [-0.2, 0) is 30.2 Å². The standard InChI is InChI=1S/C22H31NO10/c1-6-29-21(27)32-17-9-8-15(11-18(17)33-22(28)30-7-2)10-16(19(24)25)23-12-14(5)31-20(26)13(3)4/h8-9,11,13-14,16,23H,6-7,10,12H2,1-5H3,(H,24,25)/t14?,16-/m0/s1. The third-order valence-electron chi connectivity index (χ3n) is 4.10. The van der Waals surface area contributed by atoms with Gasteiger partial charge in [0.1, 0.15) is 12.1 Å².